The molecule has 4 rings (SSSR count). The van der Waals surface area contributed by atoms with Gasteiger partial charge in [-0.3, -0.25) is 9.48 Å². The second-order valence-corrected chi connectivity index (χ2v) is 7.43. The number of benzene rings is 1. The zero-order valence-corrected chi connectivity index (χ0v) is 16.0. The van der Waals surface area contributed by atoms with Gasteiger partial charge in [-0.05, 0) is 25.5 Å². The van der Waals surface area contributed by atoms with Gasteiger partial charge in [-0.1, -0.05) is 0 Å². The first-order valence-electron chi connectivity index (χ1n) is 9.41. The zero-order valence-electron chi connectivity index (χ0n) is 16.0. The lowest BCUT2D eigenvalue weighted by molar-refractivity contribution is -0.123. The Kier molecular flexibility index (Phi) is 4.78. The molecule has 144 valence electrons. The van der Waals surface area contributed by atoms with E-state index in [0.717, 1.165) is 35.5 Å². The first kappa shape index (κ1) is 17.9. The van der Waals surface area contributed by atoms with Crippen molar-refractivity contribution >= 4 is 5.91 Å². The number of nitrogens with one attached hydrogen (secondary N) is 2. The summed E-state index contributed by atoms with van der Waals surface area (Å²) in [5.41, 5.74) is 3.30. The van der Waals surface area contributed by atoms with Gasteiger partial charge in [-0.2, -0.15) is 5.10 Å². The molecular formula is C20H26N4O3. The molecule has 0 saturated carbocycles. The number of hydrogen-bond donors (Lipinski definition) is 2. The average molecular weight is 370 g/mol. The Bertz CT molecular complexity index is 848. The van der Waals surface area contributed by atoms with Crippen molar-refractivity contribution in [2.45, 2.75) is 50.9 Å². The first-order valence-corrected chi connectivity index (χ1v) is 9.41. The highest BCUT2D eigenvalue weighted by atomic mass is 16.5. The predicted molar refractivity (Wildman–Crippen MR) is 101 cm³/mol. The lowest BCUT2D eigenvalue weighted by Gasteiger charge is -2.32. The summed E-state index contributed by atoms with van der Waals surface area (Å²) in [6.45, 7) is 2.74. The quantitative estimate of drug-likeness (QED) is 0.840. The van der Waals surface area contributed by atoms with Gasteiger partial charge in [0.1, 0.15) is 17.6 Å². The van der Waals surface area contributed by atoms with Gasteiger partial charge in [0.2, 0.25) is 5.91 Å². The van der Waals surface area contributed by atoms with Crippen molar-refractivity contribution in [1.82, 2.24) is 20.4 Å². The lowest BCUT2D eigenvalue weighted by Crippen LogP contribution is -2.48. The van der Waals surface area contributed by atoms with E-state index in [1.165, 1.54) is 5.56 Å². The van der Waals surface area contributed by atoms with E-state index in [0.29, 0.717) is 13.0 Å². The average Bonchev–Trinajstić information content (AvgIpc) is 3.24. The Morgan fingerprint density at radius 2 is 2.30 bits per heavy atom. The third kappa shape index (κ3) is 3.64. The summed E-state index contributed by atoms with van der Waals surface area (Å²) in [5.74, 6) is 1.90. The van der Waals surface area contributed by atoms with Crippen molar-refractivity contribution in [2.24, 2.45) is 7.05 Å². The number of carbonyl (C=O) groups is 1. The van der Waals surface area contributed by atoms with Crippen LogP contribution in [0.2, 0.25) is 0 Å². The molecular weight excluding hydrogens is 344 g/mol. The van der Waals surface area contributed by atoms with Crippen LogP contribution in [-0.4, -0.2) is 34.9 Å². The highest BCUT2D eigenvalue weighted by molar-refractivity contribution is 5.77. The van der Waals surface area contributed by atoms with Crippen LogP contribution in [0.15, 0.2) is 24.5 Å². The second-order valence-electron chi connectivity index (χ2n) is 7.43. The van der Waals surface area contributed by atoms with Crippen LogP contribution >= 0.6 is 0 Å². The van der Waals surface area contributed by atoms with E-state index in [2.05, 4.69) is 28.7 Å². The molecule has 3 heterocycles. The number of hydrogen-bond acceptors (Lipinski definition) is 5. The molecule has 3 atom stereocenters. The Morgan fingerprint density at radius 3 is 3.04 bits per heavy atom. The molecule has 0 bridgehead atoms. The molecule has 2 aliphatic heterocycles. The molecule has 27 heavy (non-hydrogen) atoms. The molecule has 1 aromatic carbocycles. The minimum absolute atomic E-state index is 0.0846. The molecule has 1 fully saturated rings. The van der Waals surface area contributed by atoms with Gasteiger partial charge in [-0.15, -0.1) is 0 Å². The van der Waals surface area contributed by atoms with E-state index in [1.54, 1.807) is 11.8 Å². The third-order valence-corrected chi connectivity index (χ3v) is 5.32. The standard InChI is InChI=1S/C20H26N4O3/c1-12-6-13-7-16(26-3)8-14(20(13)27-12)9-21-17-4-5-18(25)23-19(17)15-10-22-24(2)11-15/h7-8,10-12,17,19,21H,4-6,9H2,1-3H3,(H,23,25)/t12-,17-,19+/m1/s1. The number of aryl methyl sites for hydroxylation is 1. The summed E-state index contributed by atoms with van der Waals surface area (Å²) >= 11 is 0. The van der Waals surface area contributed by atoms with Crippen molar-refractivity contribution in [3.05, 3.63) is 41.2 Å². The highest BCUT2D eigenvalue weighted by Crippen LogP contribution is 2.36. The smallest absolute Gasteiger partial charge is 0.220 e. The van der Waals surface area contributed by atoms with Crippen molar-refractivity contribution in [3.8, 4) is 11.5 Å². The maximum Gasteiger partial charge on any atom is 0.220 e. The van der Waals surface area contributed by atoms with Crippen LogP contribution in [-0.2, 0) is 24.8 Å². The van der Waals surface area contributed by atoms with Gasteiger partial charge in [0, 0.05) is 55.4 Å². The Hall–Kier alpha value is -2.54. The molecule has 1 saturated heterocycles. The Labute approximate surface area is 159 Å². The number of fused-ring (bicyclic) bond motifs is 1. The predicted octanol–water partition coefficient (Wildman–Crippen LogP) is 1.86. The third-order valence-electron chi connectivity index (χ3n) is 5.32. The molecule has 2 N–H and O–H groups in total. The summed E-state index contributed by atoms with van der Waals surface area (Å²) in [6.07, 6.45) is 6.17. The van der Waals surface area contributed by atoms with Gasteiger partial charge >= 0.3 is 0 Å². The lowest BCUT2D eigenvalue weighted by atomic mass is 9.93. The molecule has 0 spiro atoms. The van der Waals surface area contributed by atoms with Crippen molar-refractivity contribution in [1.29, 1.82) is 0 Å². The second kappa shape index (κ2) is 7.23. The number of rotatable bonds is 5. The van der Waals surface area contributed by atoms with E-state index < -0.39 is 0 Å². The van der Waals surface area contributed by atoms with Crippen LogP contribution in [0.3, 0.4) is 0 Å². The van der Waals surface area contributed by atoms with E-state index in [4.69, 9.17) is 9.47 Å². The van der Waals surface area contributed by atoms with Crippen LogP contribution in [0, 0.1) is 0 Å². The molecule has 7 nitrogen and oxygen atoms in total. The highest BCUT2D eigenvalue weighted by Gasteiger charge is 2.31. The van der Waals surface area contributed by atoms with Gasteiger partial charge in [0.05, 0.1) is 19.3 Å². The van der Waals surface area contributed by atoms with Crippen molar-refractivity contribution in [3.63, 3.8) is 0 Å². The summed E-state index contributed by atoms with van der Waals surface area (Å²) in [7, 11) is 3.57. The van der Waals surface area contributed by atoms with Crippen LogP contribution in [0.1, 0.15) is 42.5 Å². The molecule has 2 aromatic rings. The minimum atomic E-state index is -0.0848. The maximum absolute atomic E-state index is 11.9. The van der Waals surface area contributed by atoms with Crippen LogP contribution in [0.4, 0.5) is 0 Å². The number of ether oxygens (including phenoxy) is 2. The van der Waals surface area contributed by atoms with Gasteiger partial charge in [0.15, 0.2) is 0 Å². The SMILES string of the molecule is COc1cc(CN[C@@H]2CCC(=O)N[C@H]2c2cnn(C)c2)c2c(c1)C[C@@H](C)O2. The fourth-order valence-corrected chi connectivity index (χ4v) is 4.00. The van der Waals surface area contributed by atoms with E-state index in [-0.39, 0.29) is 24.1 Å². The molecule has 1 amide bonds. The van der Waals surface area contributed by atoms with Crippen molar-refractivity contribution in [2.75, 3.05) is 7.11 Å². The molecule has 7 heteroatoms. The maximum atomic E-state index is 11.9. The largest absolute Gasteiger partial charge is 0.497 e. The molecule has 0 radical (unpaired) electrons. The fraction of sp³-hybridized carbons (Fsp3) is 0.500. The van der Waals surface area contributed by atoms with Crippen LogP contribution < -0.4 is 20.1 Å². The number of piperidine rings is 1. The fourth-order valence-electron chi connectivity index (χ4n) is 4.00. The number of aromatic nitrogens is 2. The van der Waals surface area contributed by atoms with Crippen LogP contribution in [0.5, 0.6) is 11.5 Å². The number of nitrogens with zero attached hydrogens (tertiary/aromatic N) is 2. The van der Waals surface area contributed by atoms with Gasteiger partial charge < -0.3 is 20.1 Å². The van der Waals surface area contributed by atoms with Crippen LogP contribution in [0.25, 0.3) is 0 Å². The minimum Gasteiger partial charge on any atom is -0.497 e. The Morgan fingerprint density at radius 1 is 1.44 bits per heavy atom. The summed E-state index contributed by atoms with van der Waals surface area (Å²) in [6, 6.07) is 4.14. The topological polar surface area (TPSA) is 77.4 Å². The summed E-state index contributed by atoms with van der Waals surface area (Å²) in [5, 5.41) is 11.0. The van der Waals surface area contributed by atoms with Gasteiger partial charge in [0.25, 0.3) is 0 Å². The normalized spacial score (nSPS) is 24.3. The van der Waals surface area contributed by atoms with E-state index >= 15 is 0 Å². The van der Waals surface area contributed by atoms with E-state index in [1.807, 2.05) is 25.5 Å². The Balaban J connectivity index is 1.54. The number of amides is 1. The first-order chi connectivity index (χ1) is 13.0. The molecule has 2 aliphatic rings. The number of methoxy groups -OCH3 is 1. The van der Waals surface area contributed by atoms with E-state index in [9.17, 15) is 4.79 Å². The van der Waals surface area contributed by atoms with Crippen molar-refractivity contribution < 1.29 is 14.3 Å². The summed E-state index contributed by atoms with van der Waals surface area (Å²) in [4.78, 5) is 11.9. The molecule has 0 unspecified atom stereocenters. The molecule has 0 aliphatic carbocycles. The van der Waals surface area contributed by atoms with Gasteiger partial charge in [-0.25, -0.2) is 0 Å². The monoisotopic (exact) mass is 370 g/mol. The number of carbonyl (C=O) groups excluding carboxylic acids is 1. The molecule has 1 aromatic heterocycles. The summed E-state index contributed by atoms with van der Waals surface area (Å²) < 4.78 is 13.3. The zero-order chi connectivity index (χ0) is 19.0.